The number of rotatable bonds is 6. The number of aliphatic carboxylic acids is 1. The summed E-state index contributed by atoms with van der Waals surface area (Å²) in [6, 6.07) is 8.40. The third kappa shape index (κ3) is 4.27. The van der Waals surface area contributed by atoms with E-state index in [0.717, 1.165) is 0 Å². The van der Waals surface area contributed by atoms with Crippen molar-refractivity contribution in [1.29, 1.82) is 0 Å². The number of hydrogen-bond acceptors (Lipinski definition) is 5. The van der Waals surface area contributed by atoms with E-state index in [0.29, 0.717) is 11.5 Å². The first-order valence-electron chi connectivity index (χ1n) is 6.21. The lowest BCUT2D eigenvalue weighted by Gasteiger charge is -2.22. The number of nitrogens with one attached hydrogen (secondary N) is 2. The minimum atomic E-state index is -0.970. The first kappa shape index (κ1) is 14.4. The topological polar surface area (TPSA) is 124 Å². The Hall–Kier alpha value is -2.97. The highest BCUT2D eigenvalue weighted by atomic mass is 16.4. The van der Waals surface area contributed by atoms with E-state index < -0.39 is 12.0 Å². The van der Waals surface area contributed by atoms with Gasteiger partial charge in [0.25, 0.3) is 0 Å². The van der Waals surface area contributed by atoms with Gasteiger partial charge in [0, 0.05) is 12.2 Å². The van der Waals surface area contributed by atoms with Crippen LogP contribution in [0, 0.1) is 0 Å². The summed E-state index contributed by atoms with van der Waals surface area (Å²) in [5.74, 6) is -0.628. The number of carbonyl (C=O) groups is 2. The van der Waals surface area contributed by atoms with Gasteiger partial charge in [-0.25, -0.2) is 4.79 Å². The van der Waals surface area contributed by atoms with E-state index in [4.69, 9.17) is 5.11 Å². The molecule has 9 heteroatoms. The molecule has 0 radical (unpaired) electrons. The zero-order valence-corrected chi connectivity index (χ0v) is 11.1. The molecular formula is C12H14N6O3. The number of aromatic amines is 1. The molecule has 0 atom stereocenters. The molecule has 3 N–H and O–H groups in total. The van der Waals surface area contributed by atoms with E-state index in [9.17, 15) is 9.59 Å². The highest BCUT2D eigenvalue weighted by molar-refractivity contribution is 5.92. The summed E-state index contributed by atoms with van der Waals surface area (Å²) in [6.45, 7) is 0.170. The molecule has 21 heavy (non-hydrogen) atoms. The van der Waals surface area contributed by atoms with Gasteiger partial charge in [0.05, 0.1) is 13.0 Å². The number of aromatic nitrogens is 4. The lowest BCUT2D eigenvalue weighted by molar-refractivity contribution is -0.136. The number of amides is 2. The average Bonchev–Trinajstić information content (AvgIpc) is 2.99. The second kappa shape index (κ2) is 6.98. The van der Waals surface area contributed by atoms with Gasteiger partial charge in [-0.1, -0.05) is 23.4 Å². The fourth-order valence-corrected chi connectivity index (χ4v) is 1.67. The van der Waals surface area contributed by atoms with Crippen molar-refractivity contribution in [3.05, 3.63) is 36.2 Å². The molecule has 9 nitrogen and oxygen atoms in total. The standard InChI is InChI=1S/C12H14N6O3/c19-11(20)6-7-18(9-4-2-1-3-5-9)12(21)13-8-10-14-16-17-15-10/h1-5H,6-8H2,(H,13,21)(H,19,20)(H,14,15,16,17). The van der Waals surface area contributed by atoms with Crippen LogP contribution >= 0.6 is 0 Å². The highest BCUT2D eigenvalue weighted by Gasteiger charge is 2.16. The predicted molar refractivity (Wildman–Crippen MR) is 72.5 cm³/mol. The number of benzene rings is 1. The fourth-order valence-electron chi connectivity index (χ4n) is 1.67. The van der Waals surface area contributed by atoms with Crippen LogP contribution in [0.1, 0.15) is 12.2 Å². The van der Waals surface area contributed by atoms with E-state index in [2.05, 4.69) is 25.9 Å². The second-order valence-corrected chi connectivity index (χ2v) is 4.12. The number of carboxylic acids is 1. The molecule has 0 aliphatic carbocycles. The summed E-state index contributed by atoms with van der Waals surface area (Å²) >= 11 is 0. The van der Waals surface area contributed by atoms with Gasteiger partial charge in [-0.15, -0.1) is 10.2 Å². The zero-order chi connectivity index (χ0) is 15.1. The van der Waals surface area contributed by atoms with Crippen LogP contribution in [-0.2, 0) is 11.3 Å². The maximum absolute atomic E-state index is 12.2. The quantitative estimate of drug-likeness (QED) is 0.707. The van der Waals surface area contributed by atoms with E-state index in [1.807, 2.05) is 6.07 Å². The molecule has 0 aliphatic rings. The van der Waals surface area contributed by atoms with Crippen LogP contribution < -0.4 is 10.2 Å². The summed E-state index contributed by atoms with van der Waals surface area (Å²) < 4.78 is 0. The Kier molecular flexibility index (Phi) is 4.80. The second-order valence-electron chi connectivity index (χ2n) is 4.12. The maximum atomic E-state index is 12.2. The monoisotopic (exact) mass is 290 g/mol. The van der Waals surface area contributed by atoms with Gasteiger partial charge in [0.1, 0.15) is 0 Å². The van der Waals surface area contributed by atoms with Crippen LogP contribution in [0.3, 0.4) is 0 Å². The van der Waals surface area contributed by atoms with Crippen LogP contribution in [0.5, 0.6) is 0 Å². The zero-order valence-electron chi connectivity index (χ0n) is 11.1. The maximum Gasteiger partial charge on any atom is 0.322 e. The van der Waals surface area contributed by atoms with Crippen molar-refractivity contribution < 1.29 is 14.7 Å². The van der Waals surface area contributed by atoms with Crippen LogP contribution in [0.25, 0.3) is 0 Å². The average molecular weight is 290 g/mol. The molecule has 0 saturated heterocycles. The summed E-state index contributed by atoms with van der Waals surface area (Å²) in [4.78, 5) is 24.3. The molecule has 1 aromatic heterocycles. The molecule has 0 saturated carbocycles. The summed E-state index contributed by atoms with van der Waals surface area (Å²) in [5, 5.41) is 24.5. The predicted octanol–water partition coefficient (Wildman–Crippen LogP) is 0.391. The molecular weight excluding hydrogens is 276 g/mol. The van der Waals surface area contributed by atoms with Gasteiger partial charge >= 0.3 is 12.0 Å². The lowest BCUT2D eigenvalue weighted by atomic mass is 10.3. The van der Waals surface area contributed by atoms with Gasteiger partial charge in [0.15, 0.2) is 5.82 Å². The van der Waals surface area contributed by atoms with E-state index in [-0.39, 0.29) is 19.5 Å². The molecule has 2 aromatic rings. The Bertz CT molecular complexity index is 586. The molecule has 0 spiro atoms. The van der Waals surface area contributed by atoms with E-state index in [1.54, 1.807) is 24.3 Å². The Morgan fingerprint density at radius 3 is 2.67 bits per heavy atom. The number of carbonyl (C=O) groups excluding carboxylic acids is 1. The molecule has 0 aliphatic heterocycles. The van der Waals surface area contributed by atoms with Crippen molar-refractivity contribution in [2.45, 2.75) is 13.0 Å². The molecule has 2 rings (SSSR count). The molecule has 110 valence electrons. The van der Waals surface area contributed by atoms with Crippen LogP contribution in [-0.4, -0.2) is 44.3 Å². The number of nitrogens with zero attached hydrogens (tertiary/aromatic N) is 4. The largest absolute Gasteiger partial charge is 0.481 e. The number of anilines is 1. The van der Waals surface area contributed by atoms with Gasteiger partial charge in [0.2, 0.25) is 0 Å². The van der Waals surface area contributed by atoms with Gasteiger partial charge in [-0.3, -0.25) is 9.69 Å². The third-order valence-electron chi connectivity index (χ3n) is 2.65. The van der Waals surface area contributed by atoms with E-state index >= 15 is 0 Å². The molecule has 0 bridgehead atoms. The molecule has 1 aromatic carbocycles. The molecule has 1 heterocycles. The van der Waals surface area contributed by atoms with Gasteiger partial charge < -0.3 is 10.4 Å². The SMILES string of the molecule is O=C(O)CCN(C(=O)NCc1nn[nH]n1)c1ccccc1. The first-order chi connectivity index (χ1) is 10.2. The molecule has 0 unspecified atom stereocenters. The normalized spacial score (nSPS) is 10.1. The Morgan fingerprint density at radius 1 is 1.29 bits per heavy atom. The van der Waals surface area contributed by atoms with Crippen molar-refractivity contribution >= 4 is 17.7 Å². The van der Waals surface area contributed by atoms with Crippen molar-refractivity contribution in [3.63, 3.8) is 0 Å². The Balaban J connectivity index is 2.03. The Labute approximate surface area is 120 Å². The third-order valence-corrected chi connectivity index (χ3v) is 2.65. The van der Waals surface area contributed by atoms with Crippen molar-refractivity contribution in [2.24, 2.45) is 0 Å². The number of carboxylic acid groups (broad SMARTS) is 1. The minimum absolute atomic E-state index is 0.0669. The summed E-state index contributed by atoms with van der Waals surface area (Å²) in [5.41, 5.74) is 0.615. The van der Waals surface area contributed by atoms with Crippen molar-refractivity contribution in [2.75, 3.05) is 11.4 Å². The first-order valence-corrected chi connectivity index (χ1v) is 6.21. The van der Waals surface area contributed by atoms with Crippen molar-refractivity contribution in [1.82, 2.24) is 25.9 Å². The minimum Gasteiger partial charge on any atom is -0.481 e. The fraction of sp³-hybridized carbons (Fsp3) is 0.250. The number of urea groups is 1. The van der Waals surface area contributed by atoms with Gasteiger partial charge in [-0.05, 0) is 12.1 Å². The number of para-hydroxylation sites is 1. The van der Waals surface area contributed by atoms with E-state index in [1.165, 1.54) is 4.90 Å². The highest BCUT2D eigenvalue weighted by Crippen LogP contribution is 2.13. The number of hydrogen-bond donors (Lipinski definition) is 3. The smallest absolute Gasteiger partial charge is 0.322 e. The van der Waals surface area contributed by atoms with Crippen LogP contribution in [0.4, 0.5) is 10.5 Å². The van der Waals surface area contributed by atoms with Crippen LogP contribution in [0.2, 0.25) is 0 Å². The molecule has 0 fully saturated rings. The molecule has 2 amide bonds. The lowest BCUT2D eigenvalue weighted by Crippen LogP contribution is -2.41. The Morgan fingerprint density at radius 2 is 2.05 bits per heavy atom. The summed E-state index contributed by atoms with van der Waals surface area (Å²) in [7, 11) is 0. The summed E-state index contributed by atoms with van der Waals surface area (Å²) in [6.07, 6.45) is -0.148. The number of tetrazole rings is 1. The number of H-pyrrole nitrogens is 1. The van der Waals surface area contributed by atoms with Gasteiger partial charge in [-0.2, -0.15) is 5.21 Å². The van der Waals surface area contributed by atoms with Crippen LogP contribution in [0.15, 0.2) is 30.3 Å². The van der Waals surface area contributed by atoms with Crippen molar-refractivity contribution in [3.8, 4) is 0 Å².